The quantitative estimate of drug-likeness (QED) is 0.381. The Labute approximate surface area is 202 Å². The summed E-state index contributed by atoms with van der Waals surface area (Å²) < 4.78 is 5.95. The van der Waals surface area contributed by atoms with Crippen LogP contribution >= 0.6 is 0 Å². The third-order valence-corrected chi connectivity index (χ3v) is 6.09. The van der Waals surface area contributed by atoms with Crippen LogP contribution in [0.5, 0.6) is 0 Å². The molecule has 1 aromatic heterocycles. The van der Waals surface area contributed by atoms with Gasteiger partial charge in [0.25, 0.3) is 11.8 Å². The topological polar surface area (TPSA) is 92.5 Å². The fraction of sp³-hybridized carbons (Fsp3) is 0.214. The molecule has 1 aliphatic heterocycles. The molecule has 0 radical (unpaired) electrons. The van der Waals surface area contributed by atoms with Crippen LogP contribution in [0.4, 0.5) is 5.69 Å². The second kappa shape index (κ2) is 8.83. The maximum atomic E-state index is 13.6. The lowest BCUT2D eigenvalue weighted by atomic mass is 10.0. The van der Waals surface area contributed by atoms with Crippen molar-refractivity contribution in [1.29, 1.82) is 0 Å². The highest BCUT2D eigenvalue weighted by molar-refractivity contribution is 6.23. The van der Waals surface area contributed by atoms with E-state index in [4.69, 9.17) is 4.42 Å². The molecule has 5 rings (SSSR count). The number of aromatic nitrogens is 1. The van der Waals surface area contributed by atoms with Gasteiger partial charge in [-0.25, -0.2) is 4.98 Å². The zero-order valence-electron chi connectivity index (χ0n) is 19.7. The van der Waals surface area contributed by atoms with Crippen molar-refractivity contribution in [2.24, 2.45) is 5.92 Å². The number of nitrogens with one attached hydrogen (secondary N) is 1. The van der Waals surface area contributed by atoms with Gasteiger partial charge in [-0.3, -0.25) is 19.3 Å². The number of anilines is 1. The van der Waals surface area contributed by atoms with Gasteiger partial charge in [-0.05, 0) is 61.2 Å². The van der Waals surface area contributed by atoms with E-state index in [0.29, 0.717) is 40.3 Å². The molecule has 176 valence electrons. The lowest BCUT2D eigenvalue weighted by molar-refractivity contribution is -0.120. The molecule has 0 fully saturated rings. The molecule has 0 aliphatic carbocycles. The van der Waals surface area contributed by atoms with E-state index in [9.17, 15) is 14.4 Å². The minimum Gasteiger partial charge on any atom is -0.436 e. The first-order chi connectivity index (χ1) is 16.8. The Morgan fingerprint density at radius 2 is 1.57 bits per heavy atom. The minimum absolute atomic E-state index is 0.0746. The molecular formula is C28H25N3O4. The molecule has 35 heavy (non-hydrogen) atoms. The van der Waals surface area contributed by atoms with Gasteiger partial charge in [-0.2, -0.15) is 0 Å². The number of para-hydroxylation sites is 1. The standard InChI is InChI=1S/C28H25N3O4/c1-16(2)14-23(31-27(33)18-8-4-5-9-19(18)28(31)34)25(32)29-21-11-7-6-10-20(21)26-30-22-15-17(3)12-13-24(22)35-26/h4-13,15-16,23H,14H2,1-3H3,(H,29,32). The number of hydrogen-bond donors (Lipinski definition) is 1. The molecule has 7 heteroatoms. The second-order valence-corrected chi connectivity index (χ2v) is 9.20. The fourth-order valence-electron chi connectivity index (χ4n) is 4.41. The molecule has 0 saturated carbocycles. The smallest absolute Gasteiger partial charge is 0.262 e. The molecule has 0 saturated heterocycles. The number of imide groups is 1. The minimum atomic E-state index is -0.957. The van der Waals surface area contributed by atoms with E-state index in [0.717, 1.165) is 16.0 Å². The normalized spacial score (nSPS) is 14.0. The highest BCUT2D eigenvalue weighted by Gasteiger charge is 2.42. The Balaban J connectivity index is 1.48. The Kier molecular flexibility index (Phi) is 5.68. The number of amides is 3. The molecular weight excluding hydrogens is 442 g/mol. The molecule has 1 atom stereocenters. The van der Waals surface area contributed by atoms with Gasteiger partial charge in [0.2, 0.25) is 11.8 Å². The van der Waals surface area contributed by atoms with Gasteiger partial charge in [0, 0.05) is 0 Å². The van der Waals surface area contributed by atoms with Crippen molar-refractivity contribution in [3.05, 3.63) is 83.4 Å². The van der Waals surface area contributed by atoms with Crippen LogP contribution in [0.2, 0.25) is 0 Å². The third kappa shape index (κ3) is 4.10. The molecule has 1 aliphatic rings. The average Bonchev–Trinajstić information content (AvgIpc) is 3.36. The summed E-state index contributed by atoms with van der Waals surface area (Å²) >= 11 is 0. The van der Waals surface area contributed by atoms with Crippen LogP contribution in [0.15, 0.2) is 71.1 Å². The monoisotopic (exact) mass is 467 g/mol. The molecule has 3 amide bonds. The van der Waals surface area contributed by atoms with Gasteiger partial charge < -0.3 is 9.73 Å². The van der Waals surface area contributed by atoms with Crippen molar-refractivity contribution in [2.45, 2.75) is 33.2 Å². The SMILES string of the molecule is Cc1ccc2oc(-c3ccccc3NC(=O)C(CC(C)C)N3C(=O)c4ccccc4C3=O)nc2c1. The summed E-state index contributed by atoms with van der Waals surface area (Å²) in [5.41, 5.74) is 4.19. The van der Waals surface area contributed by atoms with Crippen LogP contribution in [0, 0.1) is 12.8 Å². The summed E-state index contributed by atoms with van der Waals surface area (Å²) in [7, 11) is 0. The number of carbonyl (C=O) groups is 3. The molecule has 0 spiro atoms. The van der Waals surface area contributed by atoms with Crippen LogP contribution in [0.25, 0.3) is 22.6 Å². The molecule has 1 N–H and O–H groups in total. The third-order valence-electron chi connectivity index (χ3n) is 6.09. The van der Waals surface area contributed by atoms with Crippen LogP contribution in [0.3, 0.4) is 0 Å². The number of rotatable bonds is 6. The maximum absolute atomic E-state index is 13.6. The van der Waals surface area contributed by atoms with Crippen molar-refractivity contribution in [2.75, 3.05) is 5.32 Å². The number of aryl methyl sites for hydroxylation is 1. The number of benzene rings is 3. The van der Waals surface area contributed by atoms with Crippen LogP contribution in [-0.4, -0.2) is 33.6 Å². The molecule has 2 heterocycles. The molecule has 1 unspecified atom stereocenters. The number of nitrogens with zero attached hydrogens (tertiary/aromatic N) is 2. The summed E-state index contributed by atoms with van der Waals surface area (Å²) in [4.78, 5) is 45.5. The van der Waals surface area contributed by atoms with Crippen molar-refractivity contribution < 1.29 is 18.8 Å². The van der Waals surface area contributed by atoms with Crippen molar-refractivity contribution in [3.8, 4) is 11.5 Å². The first-order valence-corrected chi connectivity index (χ1v) is 11.6. The zero-order valence-corrected chi connectivity index (χ0v) is 19.7. The van der Waals surface area contributed by atoms with E-state index < -0.39 is 23.8 Å². The van der Waals surface area contributed by atoms with E-state index in [1.54, 1.807) is 36.4 Å². The van der Waals surface area contributed by atoms with Crippen LogP contribution < -0.4 is 5.32 Å². The summed E-state index contributed by atoms with van der Waals surface area (Å²) in [6.07, 6.45) is 0.335. The Morgan fingerprint density at radius 1 is 0.943 bits per heavy atom. The van der Waals surface area contributed by atoms with E-state index in [1.165, 1.54) is 0 Å². The molecule has 3 aromatic carbocycles. The first-order valence-electron chi connectivity index (χ1n) is 11.6. The van der Waals surface area contributed by atoms with Crippen molar-refractivity contribution >= 4 is 34.5 Å². The van der Waals surface area contributed by atoms with E-state index in [1.807, 2.05) is 51.1 Å². The van der Waals surface area contributed by atoms with Gasteiger partial charge in [-0.1, -0.05) is 44.2 Å². The molecule has 7 nitrogen and oxygen atoms in total. The first kappa shape index (κ1) is 22.5. The molecule has 4 aromatic rings. The lowest BCUT2D eigenvalue weighted by Gasteiger charge is -2.27. The zero-order chi connectivity index (χ0) is 24.7. The fourth-order valence-corrected chi connectivity index (χ4v) is 4.41. The predicted molar refractivity (Wildman–Crippen MR) is 133 cm³/mol. The van der Waals surface area contributed by atoms with E-state index >= 15 is 0 Å². The molecule has 0 bridgehead atoms. The van der Waals surface area contributed by atoms with Gasteiger partial charge in [-0.15, -0.1) is 0 Å². The Morgan fingerprint density at radius 3 is 2.23 bits per heavy atom. The second-order valence-electron chi connectivity index (χ2n) is 9.20. The van der Waals surface area contributed by atoms with Gasteiger partial charge >= 0.3 is 0 Å². The van der Waals surface area contributed by atoms with Gasteiger partial charge in [0.15, 0.2) is 5.58 Å². The Bertz CT molecular complexity index is 1440. The van der Waals surface area contributed by atoms with Crippen molar-refractivity contribution in [3.63, 3.8) is 0 Å². The van der Waals surface area contributed by atoms with Gasteiger partial charge in [0.1, 0.15) is 11.6 Å². The average molecular weight is 468 g/mol. The van der Waals surface area contributed by atoms with Crippen LogP contribution in [0.1, 0.15) is 46.5 Å². The Hall–Kier alpha value is -4.26. The highest BCUT2D eigenvalue weighted by Crippen LogP contribution is 2.32. The summed E-state index contributed by atoms with van der Waals surface area (Å²) in [6.45, 7) is 5.88. The number of hydrogen-bond acceptors (Lipinski definition) is 5. The summed E-state index contributed by atoms with van der Waals surface area (Å²) in [6, 6.07) is 18.6. The van der Waals surface area contributed by atoms with Crippen molar-refractivity contribution in [1.82, 2.24) is 9.88 Å². The summed E-state index contributed by atoms with van der Waals surface area (Å²) in [5.74, 6) is -0.885. The van der Waals surface area contributed by atoms with E-state index in [-0.39, 0.29) is 5.92 Å². The predicted octanol–water partition coefficient (Wildman–Crippen LogP) is 5.45. The number of oxazole rings is 1. The highest BCUT2D eigenvalue weighted by atomic mass is 16.3. The maximum Gasteiger partial charge on any atom is 0.262 e. The van der Waals surface area contributed by atoms with Crippen LogP contribution in [-0.2, 0) is 4.79 Å². The van der Waals surface area contributed by atoms with Gasteiger partial charge in [0.05, 0.1) is 22.4 Å². The largest absolute Gasteiger partial charge is 0.436 e. The van der Waals surface area contributed by atoms with E-state index in [2.05, 4.69) is 10.3 Å². The number of carbonyl (C=O) groups excluding carboxylic acids is 3. The lowest BCUT2D eigenvalue weighted by Crippen LogP contribution is -2.48. The summed E-state index contributed by atoms with van der Waals surface area (Å²) in [5, 5.41) is 2.93. The number of fused-ring (bicyclic) bond motifs is 2.